The van der Waals surface area contributed by atoms with Crippen LogP contribution in [0, 0.1) is 6.92 Å². The number of carbonyl (C=O) groups excluding carboxylic acids is 1. The molecule has 0 saturated carbocycles. The van der Waals surface area contributed by atoms with Crippen molar-refractivity contribution in [1.29, 1.82) is 0 Å². The van der Waals surface area contributed by atoms with Gasteiger partial charge in [0.15, 0.2) is 0 Å². The van der Waals surface area contributed by atoms with E-state index in [1.807, 2.05) is 78.6 Å². The molecule has 166 valence electrons. The minimum absolute atomic E-state index is 0.0482. The molecule has 0 unspecified atom stereocenters. The van der Waals surface area contributed by atoms with Crippen molar-refractivity contribution in [3.05, 3.63) is 94.0 Å². The number of rotatable bonds is 3. The van der Waals surface area contributed by atoms with E-state index in [0.717, 1.165) is 57.1 Å². The van der Waals surface area contributed by atoms with Gasteiger partial charge in [0.05, 0.1) is 16.8 Å². The molecule has 0 atom stereocenters. The van der Waals surface area contributed by atoms with E-state index in [0.29, 0.717) is 18.1 Å². The summed E-state index contributed by atoms with van der Waals surface area (Å²) in [5, 5.41) is 2.28. The highest BCUT2D eigenvalue weighted by Gasteiger charge is 2.26. The minimum atomic E-state index is 0.0482. The molecule has 0 aliphatic carbocycles. The number of carbonyl (C=O) groups is 1. The molecule has 0 N–H and O–H groups in total. The van der Waals surface area contributed by atoms with Gasteiger partial charge in [0.2, 0.25) is 0 Å². The number of aromatic nitrogens is 1. The van der Waals surface area contributed by atoms with Crippen LogP contribution in [0.3, 0.4) is 0 Å². The van der Waals surface area contributed by atoms with Crippen LogP contribution in [0.1, 0.15) is 15.9 Å². The predicted octanol–water partition coefficient (Wildman–Crippen LogP) is 6.48. The summed E-state index contributed by atoms with van der Waals surface area (Å²) in [7, 11) is 0. The summed E-state index contributed by atoms with van der Waals surface area (Å²) in [6.45, 7) is 4.81. The number of pyridine rings is 1. The Hall–Kier alpha value is -3.08. The highest BCUT2D eigenvalue weighted by atomic mass is 35.5. The summed E-state index contributed by atoms with van der Waals surface area (Å²) in [5.74, 6) is 0.0482. The van der Waals surface area contributed by atoms with E-state index in [1.54, 1.807) is 0 Å². The van der Waals surface area contributed by atoms with Gasteiger partial charge in [-0.1, -0.05) is 59.6 Å². The van der Waals surface area contributed by atoms with E-state index in [1.165, 1.54) is 0 Å². The lowest BCUT2D eigenvalue weighted by Gasteiger charge is -2.36. The average molecular weight is 476 g/mol. The van der Waals surface area contributed by atoms with Crippen molar-refractivity contribution in [2.24, 2.45) is 0 Å². The first-order chi connectivity index (χ1) is 16.0. The first-order valence-electron chi connectivity index (χ1n) is 11.0. The average Bonchev–Trinajstić information content (AvgIpc) is 2.84. The van der Waals surface area contributed by atoms with Crippen molar-refractivity contribution in [3.8, 4) is 11.3 Å². The second-order valence-electron chi connectivity index (χ2n) is 8.24. The highest BCUT2D eigenvalue weighted by molar-refractivity contribution is 6.31. The van der Waals surface area contributed by atoms with E-state index < -0.39 is 0 Å². The highest BCUT2D eigenvalue weighted by Crippen LogP contribution is 2.31. The third-order valence-corrected chi connectivity index (χ3v) is 6.69. The molecule has 0 bridgehead atoms. The lowest BCUT2D eigenvalue weighted by atomic mass is 9.96. The zero-order valence-corrected chi connectivity index (χ0v) is 19.8. The third kappa shape index (κ3) is 4.29. The van der Waals surface area contributed by atoms with Crippen molar-refractivity contribution in [1.82, 2.24) is 9.88 Å². The van der Waals surface area contributed by atoms with Crippen LogP contribution >= 0.6 is 23.2 Å². The van der Waals surface area contributed by atoms with Crippen molar-refractivity contribution in [2.45, 2.75) is 6.92 Å². The summed E-state index contributed by atoms with van der Waals surface area (Å²) in [6, 6.07) is 23.3. The molecule has 1 fully saturated rings. The minimum Gasteiger partial charge on any atom is -0.368 e. The molecule has 4 aromatic rings. The molecule has 1 amide bonds. The molecular weight excluding hydrogens is 453 g/mol. The van der Waals surface area contributed by atoms with Crippen LogP contribution in [0.4, 0.5) is 5.69 Å². The van der Waals surface area contributed by atoms with Crippen molar-refractivity contribution >= 4 is 45.7 Å². The zero-order chi connectivity index (χ0) is 22.9. The Morgan fingerprint density at radius 2 is 1.58 bits per heavy atom. The number of fused-ring (bicyclic) bond motifs is 1. The zero-order valence-electron chi connectivity index (χ0n) is 18.3. The number of amides is 1. The fraction of sp³-hybridized carbons (Fsp3) is 0.185. The van der Waals surface area contributed by atoms with Crippen LogP contribution in [-0.4, -0.2) is 42.0 Å². The van der Waals surface area contributed by atoms with Gasteiger partial charge in [-0.05, 0) is 48.9 Å². The fourth-order valence-corrected chi connectivity index (χ4v) is 4.78. The van der Waals surface area contributed by atoms with Gasteiger partial charge < -0.3 is 9.80 Å². The summed E-state index contributed by atoms with van der Waals surface area (Å²) in [4.78, 5) is 22.9. The van der Waals surface area contributed by atoms with Crippen LogP contribution < -0.4 is 4.90 Å². The molecule has 4 nitrogen and oxygen atoms in total. The largest absolute Gasteiger partial charge is 0.368 e. The maximum absolute atomic E-state index is 13.8. The normalized spacial score (nSPS) is 14.0. The standard InChI is InChI=1S/C27H23Cl2N3O/c1-18-25(27(33)32-15-13-31(14-16-32)22-6-4-5-21(29)17-22)23-7-2-3-8-24(23)30-26(18)19-9-11-20(28)12-10-19/h2-12,17H,13-16H2,1H3. The van der Waals surface area contributed by atoms with Gasteiger partial charge in [0.1, 0.15) is 0 Å². The Morgan fingerprint density at radius 1 is 0.848 bits per heavy atom. The van der Waals surface area contributed by atoms with Gasteiger partial charge in [-0.2, -0.15) is 0 Å². The van der Waals surface area contributed by atoms with Gasteiger partial charge in [0.25, 0.3) is 5.91 Å². The molecule has 1 aliphatic heterocycles. The second kappa shape index (κ2) is 9.05. The maximum atomic E-state index is 13.8. The van der Waals surface area contributed by atoms with Crippen LogP contribution in [0.5, 0.6) is 0 Å². The van der Waals surface area contributed by atoms with Gasteiger partial charge in [-0.15, -0.1) is 0 Å². The molecule has 0 radical (unpaired) electrons. The number of benzene rings is 3. The van der Waals surface area contributed by atoms with E-state index in [-0.39, 0.29) is 5.91 Å². The lowest BCUT2D eigenvalue weighted by molar-refractivity contribution is 0.0748. The number of anilines is 1. The molecule has 33 heavy (non-hydrogen) atoms. The molecule has 2 heterocycles. The van der Waals surface area contributed by atoms with Crippen LogP contribution in [-0.2, 0) is 0 Å². The third-order valence-electron chi connectivity index (χ3n) is 6.21. The summed E-state index contributed by atoms with van der Waals surface area (Å²) >= 11 is 12.3. The molecule has 5 rings (SSSR count). The molecule has 1 aromatic heterocycles. The molecular formula is C27H23Cl2N3O. The maximum Gasteiger partial charge on any atom is 0.255 e. The van der Waals surface area contributed by atoms with Crippen LogP contribution in [0.15, 0.2) is 72.8 Å². The summed E-state index contributed by atoms with van der Waals surface area (Å²) in [5.41, 5.74) is 5.27. The monoisotopic (exact) mass is 475 g/mol. The summed E-state index contributed by atoms with van der Waals surface area (Å²) in [6.07, 6.45) is 0. The van der Waals surface area contributed by atoms with Crippen LogP contribution in [0.25, 0.3) is 22.2 Å². The fourth-order valence-electron chi connectivity index (χ4n) is 4.47. The number of piperazine rings is 1. The number of halogens is 2. The number of hydrogen-bond acceptors (Lipinski definition) is 3. The Bertz CT molecular complexity index is 1330. The van der Waals surface area contributed by atoms with E-state index in [2.05, 4.69) is 11.0 Å². The quantitative estimate of drug-likeness (QED) is 0.340. The van der Waals surface area contributed by atoms with Gasteiger partial charge >= 0.3 is 0 Å². The Labute approximate surface area is 203 Å². The van der Waals surface area contributed by atoms with E-state index >= 15 is 0 Å². The Balaban J connectivity index is 1.48. The van der Waals surface area contributed by atoms with Crippen molar-refractivity contribution in [2.75, 3.05) is 31.1 Å². The van der Waals surface area contributed by atoms with Gasteiger partial charge in [0, 0.05) is 52.9 Å². The van der Waals surface area contributed by atoms with Crippen molar-refractivity contribution < 1.29 is 4.79 Å². The second-order valence-corrected chi connectivity index (χ2v) is 9.12. The summed E-state index contributed by atoms with van der Waals surface area (Å²) < 4.78 is 0. The van der Waals surface area contributed by atoms with E-state index in [4.69, 9.17) is 28.2 Å². The lowest BCUT2D eigenvalue weighted by Crippen LogP contribution is -2.49. The topological polar surface area (TPSA) is 36.4 Å². The van der Waals surface area contributed by atoms with Gasteiger partial charge in [-0.3, -0.25) is 4.79 Å². The predicted molar refractivity (Wildman–Crippen MR) is 136 cm³/mol. The smallest absolute Gasteiger partial charge is 0.255 e. The first-order valence-corrected chi connectivity index (χ1v) is 11.7. The Morgan fingerprint density at radius 3 is 2.30 bits per heavy atom. The van der Waals surface area contributed by atoms with Gasteiger partial charge in [-0.25, -0.2) is 4.98 Å². The van der Waals surface area contributed by atoms with E-state index in [9.17, 15) is 4.79 Å². The number of nitrogens with zero attached hydrogens (tertiary/aromatic N) is 3. The first kappa shape index (κ1) is 21.7. The molecule has 1 saturated heterocycles. The Kier molecular flexibility index (Phi) is 5.96. The molecule has 6 heteroatoms. The molecule has 1 aliphatic rings. The van der Waals surface area contributed by atoms with Crippen molar-refractivity contribution in [3.63, 3.8) is 0 Å². The SMILES string of the molecule is Cc1c(-c2ccc(Cl)cc2)nc2ccccc2c1C(=O)N1CCN(c2cccc(Cl)c2)CC1. The number of para-hydroxylation sites is 1. The number of hydrogen-bond donors (Lipinski definition) is 0. The molecule has 0 spiro atoms. The molecule has 3 aromatic carbocycles. The van der Waals surface area contributed by atoms with Crippen LogP contribution in [0.2, 0.25) is 10.0 Å².